The first kappa shape index (κ1) is 13.3. The van der Waals surface area contributed by atoms with Crippen molar-refractivity contribution in [3.8, 4) is 6.07 Å². The van der Waals surface area contributed by atoms with Crippen LogP contribution in [0.4, 0.5) is 11.8 Å². The highest BCUT2D eigenvalue weighted by Gasteiger charge is 2.07. The lowest BCUT2D eigenvalue weighted by Gasteiger charge is -2.17. The summed E-state index contributed by atoms with van der Waals surface area (Å²) in [7, 11) is 1.88. The van der Waals surface area contributed by atoms with E-state index in [2.05, 4.69) is 32.0 Å². The average molecular weight is 318 g/mol. The fraction of sp³-hybridized carbons (Fsp3) is 0.154. The quantitative estimate of drug-likeness (QED) is 0.879. The van der Waals surface area contributed by atoms with Crippen LogP contribution in [0, 0.1) is 11.3 Å². The molecule has 0 atom stereocenters. The lowest BCUT2D eigenvalue weighted by atomic mass is 10.1. The summed E-state index contributed by atoms with van der Waals surface area (Å²) in [4.78, 5) is 10.3. The van der Waals surface area contributed by atoms with Gasteiger partial charge in [-0.2, -0.15) is 10.2 Å². The number of rotatable bonds is 3. The van der Waals surface area contributed by atoms with Gasteiger partial charge in [-0.15, -0.1) is 0 Å². The Hall–Kier alpha value is -2.13. The van der Waals surface area contributed by atoms with Crippen molar-refractivity contribution in [3.05, 3.63) is 46.1 Å². The summed E-state index contributed by atoms with van der Waals surface area (Å²) < 4.78 is 0.646. The molecule has 19 heavy (non-hydrogen) atoms. The van der Waals surface area contributed by atoms with Crippen molar-refractivity contribution in [3.63, 3.8) is 0 Å². The van der Waals surface area contributed by atoms with Crippen molar-refractivity contribution in [2.24, 2.45) is 0 Å². The van der Waals surface area contributed by atoms with E-state index in [9.17, 15) is 0 Å². The van der Waals surface area contributed by atoms with Crippen LogP contribution < -0.4 is 10.6 Å². The number of nitrogen functional groups attached to an aromatic ring is 1. The number of benzene rings is 1. The van der Waals surface area contributed by atoms with Gasteiger partial charge in [-0.3, -0.25) is 0 Å². The molecule has 2 aromatic rings. The van der Waals surface area contributed by atoms with Crippen LogP contribution in [-0.2, 0) is 6.54 Å². The Balaban J connectivity index is 2.20. The SMILES string of the molecule is CN(Cc1cccc(C#N)c1)c1nc(N)cc(Br)n1. The zero-order chi connectivity index (χ0) is 13.8. The molecule has 96 valence electrons. The van der Waals surface area contributed by atoms with Gasteiger partial charge < -0.3 is 10.6 Å². The Kier molecular flexibility index (Phi) is 3.97. The van der Waals surface area contributed by atoms with Crippen molar-refractivity contribution < 1.29 is 0 Å². The first-order valence-electron chi connectivity index (χ1n) is 5.59. The number of nitrogens with two attached hydrogens (primary N) is 1. The molecule has 5 nitrogen and oxygen atoms in total. The van der Waals surface area contributed by atoms with E-state index in [1.54, 1.807) is 12.1 Å². The molecule has 2 N–H and O–H groups in total. The van der Waals surface area contributed by atoms with Crippen LogP contribution >= 0.6 is 15.9 Å². The molecular formula is C13H12BrN5. The maximum Gasteiger partial charge on any atom is 0.228 e. The number of anilines is 2. The molecule has 0 saturated carbocycles. The molecule has 0 unspecified atom stereocenters. The predicted molar refractivity (Wildman–Crippen MR) is 77.4 cm³/mol. The van der Waals surface area contributed by atoms with Gasteiger partial charge in [0.05, 0.1) is 11.6 Å². The number of hydrogen-bond acceptors (Lipinski definition) is 5. The smallest absolute Gasteiger partial charge is 0.228 e. The van der Waals surface area contributed by atoms with E-state index >= 15 is 0 Å². The van der Waals surface area contributed by atoms with E-state index < -0.39 is 0 Å². The van der Waals surface area contributed by atoms with Gasteiger partial charge in [0, 0.05) is 19.7 Å². The second kappa shape index (κ2) is 5.67. The van der Waals surface area contributed by atoms with Gasteiger partial charge in [0.15, 0.2) is 0 Å². The van der Waals surface area contributed by atoms with E-state index in [0.717, 1.165) is 5.56 Å². The van der Waals surface area contributed by atoms with E-state index in [1.165, 1.54) is 0 Å². The molecule has 0 aliphatic rings. The third-order valence-electron chi connectivity index (χ3n) is 2.52. The molecule has 0 spiro atoms. The summed E-state index contributed by atoms with van der Waals surface area (Å²) in [5.74, 6) is 0.948. The number of halogens is 1. The number of nitriles is 1. The zero-order valence-electron chi connectivity index (χ0n) is 10.3. The predicted octanol–water partition coefficient (Wildman–Crippen LogP) is 2.33. The van der Waals surface area contributed by atoms with E-state index in [4.69, 9.17) is 11.0 Å². The first-order chi connectivity index (χ1) is 9.08. The van der Waals surface area contributed by atoms with Gasteiger partial charge >= 0.3 is 0 Å². The summed E-state index contributed by atoms with van der Waals surface area (Å²) in [6.45, 7) is 0.603. The van der Waals surface area contributed by atoms with Gasteiger partial charge in [0.2, 0.25) is 5.95 Å². The van der Waals surface area contributed by atoms with Crippen molar-refractivity contribution in [2.75, 3.05) is 17.7 Å². The lowest BCUT2D eigenvalue weighted by Crippen LogP contribution is -2.19. The van der Waals surface area contributed by atoms with Crippen LogP contribution in [0.5, 0.6) is 0 Å². The second-order valence-electron chi connectivity index (χ2n) is 4.08. The average Bonchev–Trinajstić information content (AvgIpc) is 2.37. The highest BCUT2D eigenvalue weighted by molar-refractivity contribution is 9.10. The first-order valence-corrected chi connectivity index (χ1v) is 6.38. The standard InChI is InChI=1S/C13H12BrN5/c1-19(13-17-11(14)6-12(16)18-13)8-10-4-2-3-9(5-10)7-15/h2-6H,8H2,1H3,(H2,16,17,18). The van der Waals surface area contributed by atoms with Crippen molar-refractivity contribution >= 4 is 27.7 Å². The molecule has 1 aromatic carbocycles. The molecule has 1 aromatic heterocycles. The summed E-state index contributed by atoms with van der Waals surface area (Å²) in [6.07, 6.45) is 0. The van der Waals surface area contributed by atoms with Crippen LogP contribution in [0.15, 0.2) is 34.9 Å². The van der Waals surface area contributed by atoms with Crippen molar-refractivity contribution in [2.45, 2.75) is 6.54 Å². The Morgan fingerprint density at radius 3 is 2.84 bits per heavy atom. The molecule has 0 aliphatic heterocycles. The van der Waals surface area contributed by atoms with Crippen LogP contribution in [0.1, 0.15) is 11.1 Å². The van der Waals surface area contributed by atoms with Crippen LogP contribution in [0.2, 0.25) is 0 Å². The highest BCUT2D eigenvalue weighted by Crippen LogP contribution is 2.17. The van der Waals surface area contributed by atoms with Gasteiger partial charge in [0.25, 0.3) is 0 Å². The zero-order valence-corrected chi connectivity index (χ0v) is 11.9. The summed E-state index contributed by atoms with van der Waals surface area (Å²) in [5.41, 5.74) is 7.34. The third kappa shape index (κ3) is 3.42. The second-order valence-corrected chi connectivity index (χ2v) is 4.90. The number of hydrogen-bond donors (Lipinski definition) is 1. The maximum absolute atomic E-state index is 8.87. The summed E-state index contributed by atoms with van der Waals surface area (Å²) in [6, 6.07) is 11.2. The van der Waals surface area contributed by atoms with Crippen molar-refractivity contribution in [1.82, 2.24) is 9.97 Å². The van der Waals surface area contributed by atoms with Gasteiger partial charge in [-0.25, -0.2) is 4.98 Å². The molecule has 0 amide bonds. The fourth-order valence-electron chi connectivity index (χ4n) is 1.68. The van der Waals surface area contributed by atoms with Gasteiger partial charge in [0.1, 0.15) is 10.4 Å². The Morgan fingerprint density at radius 2 is 2.16 bits per heavy atom. The highest BCUT2D eigenvalue weighted by atomic mass is 79.9. The van der Waals surface area contributed by atoms with Crippen LogP contribution in [0.3, 0.4) is 0 Å². The van der Waals surface area contributed by atoms with E-state index in [-0.39, 0.29) is 0 Å². The Labute approximate surface area is 119 Å². The molecule has 2 rings (SSSR count). The number of nitrogens with zero attached hydrogens (tertiary/aromatic N) is 4. The fourth-order valence-corrected chi connectivity index (χ4v) is 2.07. The topological polar surface area (TPSA) is 78.8 Å². The molecule has 0 fully saturated rings. The largest absolute Gasteiger partial charge is 0.383 e. The third-order valence-corrected chi connectivity index (χ3v) is 2.93. The molecule has 6 heteroatoms. The molecule has 0 aliphatic carbocycles. The maximum atomic E-state index is 8.87. The molecule has 0 radical (unpaired) electrons. The van der Waals surface area contributed by atoms with Crippen molar-refractivity contribution in [1.29, 1.82) is 5.26 Å². The van der Waals surface area contributed by atoms with E-state index in [1.807, 2.05) is 30.1 Å². The lowest BCUT2D eigenvalue weighted by molar-refractivity contribution is 0.864. The molecular weight excluding hydrogens is 306 g/mol. The number of aromatic nitrogens is 2. The Bertz CT molecular complexity index is 615. The molecule has 0 bridgehead atoms. The van der Waals surface area contributed by atoms with Crippen LogP contribution in [-0.4, -0.2) is 17.0 Å². The minimum atomic E-state index is 0.412. The minimum absolute atomic E-state index is 0.412. The summed E-state index contributed by atoms with van der Waals surface area (Å²) in [5, 5.41) is 8.87. The minimum Gasteiger partial charge on any atom is -0.383 e. The van der Waals surface area contributed by atoms with Crippen LogP contribution in [0.25, 0.3) is 0 Å². The molecule has 0 saturated heterocycles. The van der Waals surface area contributed by atoms with Gasteiger partial charge in [-0.05, 0) is 33.6 Å². The molecule has 1 heterocycles. The van der Waals surface area contributed by atoms with E-state index in [0.29, 0.717) is 28.5 Å². The summed E-state index contributed by atoms with van der Waals surface area (Å²) >= 11 is 3.29. The van der Waals surface area contributed by atoms with Gasteiger partial charge in [-0.1, -0.05) is 12.1 Å². The Morgan fingerprint density at radius 1 is 1.37 bits per heavy atom. The monoisotopic (exact) mass is 317 g/mol. The normalized spacial score (nSPS) is 9.95.